The van der Waals surface area contributed by atoms with Gasteiger partial charge in [-0.2, -0.15) is 0 Å². The standard InChI is InChI=1S/C20H26FN3O2/c21-17-4-2-1-3-15(17)19(26)24-11-5-14(6-12-24)23-18(25)16-13-20(16)7-9-22-10-8-20/h1-4,14,16,22H,5-13H2,(H,23,25). The van der Waals surface area contributed by atoms with Gasteiger partial charge in [-0.05, 0) is 62.7 Å². The normalized spacial score (nSPS) is 25.1. The van der Waals surface area contributed by atoms with Crippen LogP contribution in [0.25, 0.3) is 0 Å². The number of piperidine rings is 2. The predicted octanol–water partition coefficient (Wildman–Crippen LogP) is 1.94. The van der Waals surface area contributed by atoms with Gasteiger partial charge in [0.05, 0.1) is 5.56 Å². The Morgan fingerprint density at radius 3 is 2.54 bits per heavy atom. The van der Waals surface area contributed by atoms with Gasteiger partial charge in [-0.25, -0.2) is 4.39 Å². The van der Waals surface area contributed by atoms with E-state index in [2.05, 4.69) is 10.6 Å². The number of nitrogens with one attached hydrogen (secondary N) is 2. The Bertz CT molecular complexity index is 694. The van der Waals surface area contributed by atoms with E-state index in [0.29, 0.717) is 13.1 Å². The van der Waals surface area contributed by atoms with Crippen LogP contribution in [0.4, 0.5) is 4.39 Å². The number of carbonyl (C=O) groups excluding carboxylic acids is 2. The molecule has 0 aromatic heterocycles. The van der Waals surface area contributed by atoms with Crippen molar-refractivity contribution >= 4 is 11.8 Å². The predicted molar refractivity (Wildman–Crippen MR) is 96.1 cm³/mol. The number of rotatable bonds is 3. The lowest BCUT2D eigenvalue weighted by Gasteiger charge is -2.33. The summed E-state index contributed by atoms with van der Waals surface area (Å²) in [5.41, 5.74) is 0.373. The van der Waals surface area contributed by atoms with Crippen LogP contribution in [-0.2, 0) is 4.79 Å². The first-order chi connectivity index (χ1) is 12.6. The van der Waals surface area contributed by atoms with Gasteiger partial charge in [0.25, 0.3) is 5.91 Å². The smallest absolute Gasteiger partial charge is 0.256 e. The molecule has 0 radical (unpaired) electrons. The zero-order chi connectivity index (χ0) is 18.1. The van der Waals surface area contributed by atoms with Gasteiger partial charge in [-0.1, -0.05) is 12.1 Å². The monoisotopic (exact) mass is 359 g/mol. The van der Waals surface area contributed by atoms with E-state index < -0.39 is 5.82 Å². The number of hydrogen-bond donors (Lipinski definition) is 2. The number of likely N-dealkylation sites (tertiary alicyclic amines) is 1. The minimum absolute atomic E-state index is 0.117. The SMILES string of the molecule is O=C(NC1CCN(C(=O)c2ccccc2F)CC1)C1CC12CCNCC2. The summed E-state index contributed by atoms with van der Waals surface area (Å²) in [7, 11) is 0. The second-order valence-electron chi connectivity index (χ2n) is 7.92. The second-order valence-corrected chi connectivity index (χ2v) is 7.92. The molecule has 2 amide bonds. The van der Waals surface area contributed by atoms with Crippen LogP contribution in [0, 0.1) is 17.2 Å². The Morgan fingerprint density at radius 1 is 1.15 bits per heavy atom. The lowest BCUT2D eigenvalue weighted by molar-refractivity contribution is -0.124. The van der Waals surface area contributed by atoms with Crippen LogP contribution in [0.15, 0.2) is 24.3 Å². The third-order valence-electron chi connectivity index (χ3n) is 6.34. The molecule has 2 heterocycles. The van der Waals surface area contributed by atoms with Crippen LogP contribution in [0.2, 0.25) is 0 Å². The Balaban J connectivity index is 1.27. The molecule has 1 atom stereocenters. The molecule has 3 aliphatic rings. The molecular formula is C20H26FN3O2. The molecule has 0 bridgehead atoms. The molecule has 1 aliphatic carbocycles. The van der Waals surface area contributed by atoms with Gasteiger partial charge in [0.1, 0.15) is 5.82 Å². The van der Waals surface area contributed by atoms with Crippen molar-refractivity contribution in [3.63, 3.8) is 0 Å². The van der Waals surface area contributed by atoms with Crippen molar-refractivity contribution in [2.24, 2.45) is 11.3 Å². The number of halogens is 1. The summed E-state index contributed by atoms with van der Waals surface area (Å²) >= 11 is 0. The van der Waals surface area contributed by atoms with Crippen LogP contribution < -0.4 is 10.6 Å². The molecule has 5 nitrogen and oxygen atoms in total. The third-order valence-corrected chi connectivity index (χ3v) is 6.34. The van der Waals surface area contributed by atoms with Gasteiger partial charge in [0.15, 0.2) is 0 Å². The van der Waals surface area contributed by atoms with Crippen LogP contribution in [0.1, 0.15) is 42.5 Å². The molecule has 2 saturated heterocycles. The molecule has 3 fully saturated rings. The van der Waals surface area contributed by atoms with Gasteiger partial charge >= 0.3 is 0 Å². The maximum Gasteiger partial charge on any atom is 0.256 e. The fraction of sp³-hybridized carbons (Fsp3) is 0.600. The summed E-state index contributed by atoms with van der Waals surface area (Å²) in [5.74, 6) is -0.383. The number of carbonyl (C=O) groups is 2. The molecule has 140 valence electrons. The first kappa shape index (κ1) is 17.5. The topological polar surface area (TPSA) is 61.4 Å². The molecule has 1 aromatic rings. The highest BCUT2D eigenvalue weighted by atomic mass is 19.1. The first-order valence-corrected chi connectivity index (χ1v) is 9.64. The average molecular weight is 359 g/mol. The van der Waals surface area contributed by atoms with E-state index in [1.54, 1.807) is 17.0 Å². The molecule has 1 spiro atoms. The van der Waals surface area contributed by atoms with Crippen LogP contribution >= 0.6 is 0 Å². The molecule has 1 saturated carbocycles. The highest BCUT2D eigenvalue weighted by Gasteiger charge is 2.57. The number of benzene rings is 1. The van der Waals surface area contributed by atoms with Crippen molar-refractivity contribution in [1.82, 2.24) is 15.5 Å². The van der Waals surface area contributed by atoms with E-state index in [-0.39, 0.29) is 34.8 Å². The number of amides is 2. The van der Waals surface area contributed by atoms with E-state index in [0.717, 1.165) is 45.2 Å². The molecule has 2 N–H and O–H groups in total. The molecule has 6 heteroatoms. The second kappa shape index (κ2) is 6.99. The number of hydrogen-bond acceptors (Lipinski definition) is 3. The van der Waals surface area contributed by atoms with E-state index in [1.807, 2.05) is 0 Å². The zero-order valence-corrected chi connectivity index (χ0v) is 15.0. The minimum Gasteiger partial charge on any atom is -0.353 e. The quantitative estimate of drug-likeness (QED) is 0.867. The molecule has 4 rings (SSSR count). The lowest BCUT2D eigenvalue weighted by atomic mass is 9.91. The van der Waals surface area contributed by atoms with Gasteiger partial charge in [-0.3, -0.25) is 9.59 Å². The summed E-state index contributed by atoms with van der Waals surface area (Å²) in [4.78, 5) is 26.7. The fourth-order valence-electron chi connectivity index (χ4n) is 4.53. The van der Waals surface area contributed by atoms with E-state index in [4.69, 9.17) is 0 Å². The van der Waals surface area contributed by atoms with Gasteiger partial charge in [-0.15, -0.1) is 0 Å². The van der Waals surface area contributed by atoms with E-state index in [9.17, 15) is 14.0 Å². The first-order valence-electron chi connectivity index (χ1n) is 9.64. The summed E-state index contributed by atoms with van der Waals surface area (Å²) in [6.45, 7) is 3.14. The lowest BCUT2D eigenvalue weighted by Crippen LogP contribution is -2.47. The highest BCUT2D eigenvalue weighted by molar-refractivity contribution is 5.94. The summed E-state index contributed by atoms with van der Waals surface area (Å²) in [5, 5.41) is 6.55. The highest BCUT2D eigenvalue weighted by Crippen LogP contribution is 2.58. The molecule has 26 heavy (non-hydrogen) atoms. The van der Waals surface area contributed by atoms with Crippen LogP contribution in [0.5, 0.6) is 0 Å². The minimum atomic E-state index is -0.478. The zero-order valence-electron chi connectivity index (χ0n) is 15.0. The van der Waals surface area contributed by atoms with E-state index in [1.165, 1.54) is 12.1 Å². The average Bonchev–Trinajstić information content (AvgIpc) is 3.36. The van der Waals surface area contributed by atoms with Gasteiger partial charge in [0.2, 0.25) is 5.91 Å². The van der Waals surface area contributed by atoms with Crippen molar-refractivity contribution in [2.75, 3.05) is 26.2 Å². The molecule has 2 aliphatic heterocycles. The van der Waals surface area contributed by atoms with Gasteiger partial charge < -0.3 is 15.5 Å². The summed E-state index contributed by atoms with van der Waals surface area (Å²) in [6, 6.07) is 6.21. The fourth-order valence-corrected chi connectivity index (χ4v) is 4.53. The number of nitrogens with zero attached hydrogens (tertiary/aromatic N) is 1. The maximum absolute atomic E-state index is 13.8. The Kier molecular flexibility index (Phi) is 4.69. The maximum atomic E-state index is 13.8. The van der Waals surface area contributed by atoms with Crippen LogP contribution in [-0.4, -0.2) is 48.9 Å². The molecule has 1 aromatic carbocycles. The Labute approximate surface area is 153 Å². The Hall–Kier alpha value is -1.95. The Morgan fingerprint density at radius 2 is 1.85 bits per heavy atom. The van der Waals surface area contributed by atoms with Crippen molar-refractivity contribution in [1.29, 1.82) is 0 Å². The molecule has 1 unspecified atom stereocenters. The third kappa shape index (κ3) is 3.34. The van der Waals surface area contributed by atoms with E-state index >= 15 is 0 Å². The van der Waals surface area contributed by atoms with Crippen molar-refractivity contribution < 1.29 is 14.0 Å². The van der Waals surface area contributed by atoms with Crippen molar-refractivity contribution in [3.8, 4) is 0 Å². The summed E-state index contributed by atoms with van der Waals surface area (Å²) < 4.78 is 13.8. The largest absolute Gasteiger partial charge is 0.353 e. The molecular weight excluding hydrogens is 333 g/mol. The van der Waals surface area contributed by atoms with Gasteiger partial charge in [0, 0.05) is 25.0 Å². The summed E-state index contributed by atoms with van der Waals surface area (Å²) in [6.07, 6.45) is 4.67. The van der Waals surface area contributed by atoms with Crippen molar-refractivity contribution in [2.45, 2.75) is 38.1 Å². The van der Waals surface area contributed by atoms with Crippen molar-refractivity contribution in [3.05, 3.63) is 35.6 Å². The van der Waals surface area contributed by atoms with Crippen LogP contribution in [0.3, 0.4) is 0 Å².